The van der Waals surface area contributed by atoms with Crippen LogP contribution >= 0.6 is 23.4 Å². The summed E-state index contributed by atoms with van der Waals surface area (Å²) in [7, 11) is 0. The first-order chi connectivity index (χ1) is 13.2. The maximum Gasteiger partial charge on any atom is 0.191 e. The van der Waals surface area contributed by atoms with Crippen molar-refractivity contribution in [1.29, 1.82) is 0 Å². The van der Waals surface area contributed by atoms with Crippen molar-refractivity contribution in [3.63, 3.8) is 0 Å². The van der Waals surface area contributed by atoms with Crippen LogP contribution in [0, 0.1) is 5.82 Å². The fraction of sp³-hybridized carbons (Fsp3) is 0.300. The van der Waals surface area contributed by atoms with Crippen molar-refractivity contribution in [2.24, 2.45) is 0 Å². The molecule has 1 fully saturated rings. The number of nitrogens with zero attached hydrogens (tertiary/aromatic N) is 3. The van der Waals surface area contributed by atoms with E-state index in [-0.39, 0.29) is 11.9 Å². The molecule has 140 valence electrons. The lowest BCUT2D eigenvalue weighted by Gasteiger charge is -2.14. The molecule has 2 heterocycles. The van der Waals surface area contributed by atoms with E-state index in [4.69, 9.17) is 16.3 Å². The Morgan fingerprint density at radius 2 is 1.89 bits per heavy atom. The molecule has 0 aliphatic carbocycles. The predicted molar refractivity (Wildman–Crippen MR) is 105 cm³/mol. The Morgan fingerprint density at radius 1 is 1.11 bits per heavy atom. The molecule has 0 unspecified atom stereocenters. The molecule has 4 nitrogen and oxygen atoms in total. The fourth-order valence-electron chi connectivity index (χ4n) is 3.09. The summed E-state index contributed by atoms with van der Waals surface area (Å²) in [6, 6.07) is 14.2. The second kappa shape index (κ2) is 8.42. The molecule has 1 atom stereocenters. The molecule has 0 radical (unpaired) electrons. The number of aromatic nitrogens is 3. The zero-order valence-corrected chi connectivity index (χ0v) is 16.2. The molecule has 1 aliphatic heterocycles. The molecule has 3 aromatic rings. The number of rotatable bonds is 6. The van der Waals surface area contributed by atoms with Crippen LogP contribution in [0.2, 0.25) is 5.02 Å². The molecule has 1 aliphatic rings. The van der Waals surface area contributed by atoms with E-state index in [1.807, 2.05) is 24.3 Å². The lowest BCUT2D eigenvalue weighted by molar-refractivity contribution is 0.0953. The normalized spacial score (nSPS) is 16.7. The second-order valence-corrected chi connectivity index (χ2v) is 7.85. The third-order valence-electron chi connectivity index (χ3n) is 4.51. The second-order valence-electron chi connectivity index (χ2n) is 6.47. The Hall–Kier alpha value is -1.89. The van der Waals surface area contributed by atoms with Gasteiger partial charge in [0.15, 0.2) is 11.0 Å². The quantitative estimate of drug-likeness (QED) is 0.530. The van der Waals surface area contributed by atoms with Gasteiger partial charge >= 0.3 is 0 Å². The van der Waals surface area contributed by atoms with Crippen molar-refractivity contribution in [1.82, 2.24) is 14.8 Å². The number of halogens is 2. The van der Waals surface area contributed by atoms with Gasteiger partial charge in [-0.3, -0.25) is 4.57 Å². The van der Waals surface area contributed by atoms with E-state index in [0.29, 0.717) is 6.54 Å². The third kappa shape index (κ3) is 4.51. The Balaban J connectivity index is 1.59. The minimum atomic E-state index is -0.263. The molecule has 0 spiro atoms. The van der Waals surface area contributed by atoms with Gasteiger partial charge in [0.25, 0.3) is 0 Å². The van der Waals surface area contributed by atoms with Crippen LogP contribution in [0.4, 0.5) is 4.39 Å². The van der Waals surface area contributed by atoms with Gasteiger partial charge in [-0.2, -0.15) is 0 Å². The molecule has 0 amide bonds. The first kappa shape index (κ1) is 18.5. The Labute approximate surface area is 166 Å². The van der Waals surface area contributed by atoms with Crippen molar-refractivity contribution in [2.45, 2.75) is 36.4 Å². The predicted octanol–water partition coefficient (Wildman–Crippen LogP) is 5.21. The van der Waals surface area contributed by atoms with Crippen LogP contribution in [0.15, 0.2) is 53.7 Å². The zero-order chi connectivity index (χ0) is 18.6. The summed E-state index contributed by atoms with van der Waals surface area (Å²) < 4.78 is 21.2. The van der Waals surface area contributed by atoms with Crippen molar-refractivity contribution in [2.75, 3.05) is 6.61 Å². The molecule has 0 N–H and O–H groups in total. The van der Waals surface area contributed by atoms with Crippen LogP contribution in [-0.2, 0) is 17.0 Å². The van der Waals surface area contributed by atoms with Gasteiger partial charge in [-0.25, -0.2) is 4.39 Å². The molecule has 4 rings (SSSR count). The molecule has 7 heteroatoms. The smallest absolute Gasteiger partial charge is 0.191 e. The highest BCUT2D eigenvalue weighted by atomic mass is 35.5. The average Bonchev–Trinajstić information content (AvgIpc) is 3.33. The summed E-state index contributed by atoms with van der Waals surface area (Å²) in [6.45, 7) is 1.49. The van der Waals surface area contributed by atoms with Crippen LogP contribution < -0.4 is 0 Å². The fourth-order valence-corrected chi connectivity index (χ4v) is 4.12. The van der Waals surface area contributed by atoms with E-state index >= 15 is 0 Å². The summed E-state index contributed by atoms with van der Waals surface area (Å²) in [5, 5.41) is 10.3. The van der Waals surface area contributed by atoms with Crippen molar-refractivity contribution >= 4 is 23.4 Å². The molecular weight excluding hydrogens is 385 g/mol. The van der Waals surface area contributed by atoms with Gasteiger partial charge in [-0.1, -0.05) is 35.5 Å². The van der Waals surface area contributed by atoms with Crippen molar-refractivity contribution < 1.29 is 9.13 Å². The Morgan fingerprint density at radius 3 is 2.59 bits per heavy atom. The lowest BCUT2D eigenvalue weighted by atomic mass is 10.2. The van der Waals surface area contributed by atoms with Gasteiger partial charge in [0.05, 0.1) is 12.6 Å². The van der Waals surface area contributed by atoms with Crippen LogP contribution in [-0.4, -0.2) is 27.5 Å². The van der Waals surface area contributed by atoms with Crippen LogP contribution in [0.1, 0.15) is 18.4 Å². The van der Waals surface area contributed by atoms with Crippen LogP contribution in [0.25, 0.3) is 11.4 Å². The highest BCUT2D eigenvalue weighted by Crippen LogP contribution is 2.28. The van der Waals surface area contributed by atoms with E-state index in [0.717, 1.165) is 46.8 Å². The van der Waals surface area contributed by atoms with E-state index in [9.17, 15) is 4.39 Å². The van der Waals surface area contributed by atoms with Crippen molar-refractivity contribution in [3.05, 3.63) is 64.9 Å². The molecule has 0 saturated carbocycles. The molecule has 0 bridgehead atoms. The molecule has 27 heavy (non-hydrogen) atoms. The SMILES string of the molecule is Fc1ccc(-c2nnc(SCc3ccc(Cl)cc3)n2C[C@H]2CCCO2)cc1. The van der Waals surface area contributed by atoms with Gasteiger partial charge in [-0.05, 0) is 54.8 Å². The van der Waals surface area contributed by atoms with Gasteiger partial charge in [0, 0.05) is 22.9 Å². The minimum Gasteiger partial charge on any atom is -0.376 e. The first-order valence-corrected chi connectivity index (χ1v) is 10.2. The monoisotopic (exact) mass is 403 g/mol. The van der Waals surface area contributed by atoms with Crippen LogP contribution in [0.5, 0.6) is 0 Å². The highest BCUT2D eigenvalue weighted by Gasteiger charge is 2.21. The number of thioether (sulfide) groups is 1. The van der Waals surface area contributed by atoms with Crippen LogP contribution in [0.3, 0.4) is 0 Å². The summed E-state index contributed by atoms with van der Waals surface area (Å²) in [4.78, 5) is 0. The average molecular weight is 404 g/mol. The van der Waals surface area contributed by atoms with E-state index in [1.54, 1.807) is 23.9 Å². The van der Waals surface area contributed by atoms with E-state index in [2.05, 4.69) is 14.8 Å². The highest BCUT2D eigenvalue weighted by molar-refractivity contribution is 7.98. The largest absolute Gasteiger partial charge is 0.376 e. The topological polar surface area (TPSA) is 39.9 Å². The van der Waals surface area contributed by atoms with Gasteiger partial charge in [-0.15, -0.1) is 10.2 Å². The van der Waals surface area contributed by atoms with E-state index in [1.165, 1.54) is 17.7 Å². The summed E-state index contributed by atoms with van der Waals surface area (Å²) >= 11 is 7.58. The third-order valence-corrected chi connectivity index (χ3v) is 5.80. The van der Waals surface area contributed by atoms with Gasteiger partial charge in [0.1, 0.15) is 5.82 Å². The standard InChI is InChI=1S/C20H19ClFN3OS/c21-16-7-3-14(4-8-16)13-27-20-24-23-19(15-5-9-17(22)10-6-15)25(20)12-18-2-1-11-26-18/h3-10,18H,1-2,11-13H2/t18-/m1/s1. The van der Waals surface area contributed by atoms with Crippen molar-refractivity contribution in [3.8, 4) is 11.4 Å². The Kier molecular flexibility index (Phi) is 5.76. The molecule has 2 aromatic carbocycles. The zero-order valence-electron chi connectivity index (χ0n) is 14.6. The molecule has 1 saturated heterocycles. The Bertz CT molecular complexity index is 893. The van der Waals surface area contributed by atoms with Gasteiger partial charge < -0.3 is 4.74 Å². The van der Waals surface area contributed by atoms with E-state index < -0.39 is 0 Å². The molecular formula is C20H19ClFN3OS. The lowest BCUT2D eigenvalue weighted by Crippen LogP contribution is -2.16. The number of hydrogen-bond donors (Lipinski definition) is 0. The molecule has 1 aromatic heterocycles. The minimum absolute atomic E-state index is 0.162. The number of ether oxygens (including phenoxy) is 1. The number of benzene rings is 2. The summed E-state index contributed by atoms with van der Waals surface area (Å²) in [5.41, 5.74) is 2.01. The van der Waals surface area contributed by atoms with Gasteiger partial charge in [0.2, 0.25) is 0 Å². The maximum absolute atomic E-state index is 13.3. The summed E-state index contributed by atoms with van der Waals surface area (Å²) in [5.74, 6) is 1.25. The first-order valence-electron chi connectivity index (χ1n) is 8.87. The number of hydrogen-bond acceptors (Lipinski definition) is 4. The summed E-state index contributed by atoms with van der Waals surface area (Å²) in [6.07, 6.45) is 2.27. The maximum atomic E-state index is 13.3.